The average Bonchev–Trinajstić information content (AvgIpc) is 2.29. The van der Waals surface area contributed by atoms with Crippen molar-refractivity contribution in [3.8, 4) is 0 Å². The van der Waals surface area contributed by atoms with E-state index in [4.69, 9.17) is 0 Å². The van der Waals surface area contributed by atoms with Crippen LogP contribution in [0, 0.1) is 0 Å². The summed E-state index contributed by atoms with van der Waals surface area (Å²) in [6, 6.07) is 2.66. The molecule has 1 amide bonds. The number of nitrogens with zero attached hydrogens (tertiary/aromatic N) is 2. The van der Waals surface area contributed by atoms with Crippen LogP contribution in [0.4, 0.5) is 0 Å². The number of aromatic amines is 1. The molecule has 86 valence electrons. The second kappa shape index (κ2) is 4.44. The van der Waals surface area contributed by atoms with Crippen LogP contribution in [0.2, 0.25) is 0 Å². The molecule has 16 heavy (non-hydrogen) atoms. The van der Waals surface area contributed by atoms with Crippen LogP contribution in [0.15, 0.2) is 16.9 Å². The lowest BCUT2D eigenvalue weighted by Gasteiger charge is -2.29. The first-order valence-electron chi connectivity index (χ1n) is 5.20. The number of nitrogens with one attached hydrogen (secondary N) is 1. The summed E-state index contributed by atoms with van der Waals surface area (Å²) >= 11 is 0. The normalized spacial score (nSPS) is 20.8. The molecule has 2 rings (SSSR count). The fourth-order valence-corrected chi connectivity index (χ4v) is 1.76. The standard InChI is InChI=1S/C10H13N3O3/c14-7-2-1-5-13(6-7)10(16)8-3-4-9(15)12-11-8/h3-4,7,14H,1-2,5-6H2,(H,12,15)/t7-/m1/s1. The highest BCUT2D eigenvalue weighted by molar-refractivity contribution is 5.92. The zero-order valence-electron chi connectivity index (χ0n) is 8.72. The largest absolute Gasteiger partial charge is 0.391 e. The van der Waals surface area contributed by atoms with Crippen molar-refractivity contribution < 1.29 is 9.90 Å². The number of carbonyl (C=O) groups excluding carboxylic acids is 1. The molecule has 0 spiro atoms. The van der Waals surface area contributed by atoms with Gasteiger partial charge in [-0.3, -0.25) is 9.59 Å². The fraction of sp³-hybridized carbons (Fsp3) is 0.500. The SMILES string of the molecule is O=C(c1ccc(=O)[nH]n1)N1CCC[C@@H](O)C1. The van der Waals surface area contributed by atoms with E-state index in [-0.39, 0.29) is 17.2 Å². The van der Waals surface area contributed by atoms with Gasteiger partial charge in [-0.05, 0) is 18.9 Å². The Morgan fingerprint density at radius 1 is 1.56 bits per heavy atom. The highest BCUT2D eigenvalue weighted by Crippen LogP contribution is 2.11. The Kier molecular flexibility index (Phi) is 3.00. The quantitative estimate of drug-likeness (QED) is 0.663. The molecule has 1 aromatic heterocycles. The zero-order chi connectivity index (χ0) is 11.5. The summed E-state index contributed by atoms with van der Waals surface area (Å²) in [6.07, 6.45) is 1.06. The van der Waals surface area contributed by atoms with Gasteiger partial charge >= 0.3 is 0 Å². The molecular weight excluding hydrogens is 210 g/mol. The Hall–Kier alpha value is -1.69. The molecule has 6 heteroatoms. The van der Waals surface area contributed by atoms with Crippen molar-refractivity contribution in [1.82, 2.24) is 15.1 Å². The van der Waals surface area contributed by atoms with Crippen LogP contribution in [0.25, 0.3) is 0 Å². The van der Waals surface area contributed by atoms with Crippen molar-refractivity contribution in [3.63, 3.8) is 0 Å². The first-order valence-corrected chi connectivity index (χ1v) is 5.20. The van der Waals surface area contributed by atoms with Crippen molar-refractivity contribution in [2.24, 2.45) is 0 Å². The number of hydrogen-bond acceptors (Lipinski definition) is 4. The second-order valence-corrected chi connectivity index (χ2v) is 3.85. The number of aliphatic hydroxyl groups is 1. The molecule has 1 fully saturated rings. The number of rotatable bonds is 1. The number of carbonyl (C=O) groups is 1. The summed E-state index contributed by atoms with van der Waals surface area (Å²) in [5.74, 6) is -0.255. The van der Waals surface area contributed by atoms with Crippen LogP contribution >= 0.6 is 0 Å². The highest BCUT2D eigenvalue weighted by Gasteiger charge is 2.23. The minimum absolute atomic E-state index is 0.203. The van der Waals surface area contributed by atoms with Gasteiger partial charge in [0.05, 0.1) is 6.10 Å². The third kappa shape index (κ3) is 2.27. The third-order valence-corrected chi connectivity index (χ3v) is 2.58. The smallest absolute Gasteiger partial charge is 0.274 e. The van der Waals surface area contributed by atoms with Gasteiger partial charge in [-0.2, -0.15) is 5.10 Å². The minimum Gasteiger partial charge on any atom is -0.391 e. The van der Waals surface area contributed by atoms with E-state index in [0.29, 0.717) is 13.1 Å². The molecule has 0 radical (unpaired) electrons. The monoisotopic (exact) mass is 223 g/mol. The molecule has 0 aliphatic carbocycles. The lowest BCUT2D eigenvalue weighted by molar-refractivity contribution is 0.0468. The summed E-state index contributed by atoms with van der Waals surface area (Å²) in [5.41, 5.74) is -0.135. The van der Waals surface area contributed by atoms with Crippen molar-refractivity contribution in [1.29, 1.82) is 0 Å². The van der Waals surface area contributed by atoms with Crippen molar-refractivity contribution in [3.05, 3.63) is 28.2 Å². The molecule has 1 aliphatic heterocycles. The molecule has 6 nitrogen and oxygen atoms in total. The second-order valence-electron chi connectivity index (χ2n) is 3.85. The van der Waals surface area contributed by atoms with Crippen molar-refractivity contribution in [2.45, 2.75) is 18.9 Å². The van der Waals surface area contributed by atoms with Crippen LogP contribution in [0.5, 0.6) is 0 Å². The number of hydrogen-bond donors (Lipinski definition) is 2. The van der Waals surface area contributed by atoms with Gasteiger partial charge in [-0.15, -0.1) is 0 Å². The van der Waals surface area contributed by atoms with E-state index in [1.54, 1.807) is 4.90 Å². The Labute approximate surface area is 91.9 Å². The first-order chi connectivity index (χ1) is 7.66. The van der Waals surface area contributed by atoms with Gasteiger partial charge in [0.25, 0.3) is 11.5 Å². The van der Waals surface area contributed by atoms with Crippen LogP contribution in [-0.4, -0.2) is 45.3 Å². The number of β-amino-alcohol motifs (C(OH)–C–C–N with tert-alkyl or cyclic N) is 1. The summed E-state index contributed by atoms with van der Waals surface area (Å²) < 4.78 is 0. The molecule has 2 N–H and O–H groups in total. The average molecular weight is 223 g/mol. The van der Waals surface area contributed by atoms with E-state index >= 15 is 0 Å². The molecule has 1 aliphatic rings. The summed E-state index contributed by atoms with van der Waals surface area (Å²) in [4.78, 5) is 24.2. The van der Waals surface area contributed by atoms with Crippen molar-refractivity contribution in [2.75, 3.05) is 13.1 Å². The Balaban J connectivity index is 2.12. The van der Waals surface area contributed by atoms with Crippen LogP contribution in [0.3, 0.4) is 0 Å². The summed E-state index contributed by atoms with van der Waals surface area (Å²) in [5, 5.41) is 15.3. The Morgan fingerprint density at radius 3 is 3.00 bits per heavy atom. The molecule has 0 bridgehead atoms. The minimum atomic E-state index is -0.458. The number of aliphatic hydroxyl groups excluding tert-OH is 1. The van der Waals surface area contributed by atoms with Gasteiger partial charge < -0.3 is 10.0 Å². The van der Waals surface area contributed by atoms with Gasteiger partial charge in [-0.25, -0.2) is 5.10 Å². The van der Waals surface area contributed by atoms with Crippen LogP contribution in [0.1, 0.15) is 23.3 Å². The topological polar surface area (TPSA) is 86.3 Å². The number of amides is 1. The lowest BCUT2D eigenvalue weighted by atomic mass is 10.1. The maximum atomic E-state index is 11.9. The van der Waals surface area contributed by atoms with E-state index in [0.717, 1.165) is 12.8 Å². The van der Waals surface area contributed by atoms with E-state index in [1.165, 1.54) is 12.1 Å². The summed E-state index contributed by atoms with van der Waals surface area (Å²) in [6.45, 7) is 0.955. The van der Waals surface area contributed by atoms with E-state index in [9.17, 15) is 14.7 Å². The number of likely N-dealkylation sites (tertiary alicyclic amines) is 1. The van der Waals surface area contributed by atoms with Crippen molar-refractivity contribution >= 4 is 5.91 Å². The van der Waals surface area contributed by atoms with Gasteiger partial charge in [-0.1, -0.05) is 0 Å². The van der Waals surface area contributed by atoms with Gasteiger partial charge in [0.2, 0.25) is 0 Å². The van der Waals surface area contributed by atoms with E-state index < -0.39 is 6.10 Å². The highest BCUT2D eigenvalue weighted by atomic mass is 16.3. The zero-order valence-corrected chi connectivity index (χ0v) is 8.72. The van der Waals surface area contributed by atoms with Gasteiger partial charge in [0, 0.05) is 19.2 Å². The van der Waals surface area contributed by atoms with Crippen LogP contribution in [-0.2, 0) is 0 Å². The van der Waals surface area contributed by atoms with E-state index in [2.05, 4.69) is 10.2 Å². The maximum Gasteiger partial charge on any atom is 0.274 e. The molecule has 1 saturated heterocycles. The van der Waals surface area contributed by atoms with E-state index in [1.807, 2.05) is 0 Å². The van der Waals surface area contributed by atoms with Gasteiger partial charge in [0.15, 0.2) is 0 Å². The van der Waals surface area contributed by atoms with Gasteiger partial charge in [0.1, 0.15) is 5.69 Å². The molecule has 2 heterocycles. The fourth-order valence-electron chi connectivity index (χ4n) is 1.76. The maximum absolute atomic E-state index is 11.9. The molecule has 0 saturated carbocycles. The predicted molar refractivity (Wildman–Crippen MR) is 56.0 cm³/mol. The first kappa shape index (κ1) is 10.8. The Bertz CT molecular complexity index is 423. The molecule has 1 atom stereocenters. The van der Waals surface area contributed by atoms with Crippen LogP contribution < -0.4 is 5.56 Å². The number of aromatic nitrogens is 2. The number of H-pyrrole nitrogens is 1. The number of piperidine rings is 1. The molecular formula is C10H13N3O3. The molecule has 0 unspecified atom stereocenters. The Morgan fingerprint density at radius 2 is 2.38 bits per heavy atom. The molecule has 1 aromatic rings. The molecule has 0 aromatic carbocycles. The third-order valence-electron chi connectivity index (χ3n) is 2.58. The summed E-state index contributed by atoms with van der Waals surface area (Å²) in [7, 11) is 0. The lowest BCUT2D eigenvalue weighted by Crippen LogP contribution is -2.42. The predicted octanol–water partition coefficient (Wildman–Crippen LogP) is -0.633.